The van der Waals surface area contributed by atoms with E-state index in [1.165, 1.54) is 9.13 Å². The summed E-state index contributed by atoms with van der Waals surface area (Å²) in [6, 6.07) is 9.74. The van der Waals surface area contributed by atoms with Gasteiger partial charge in [-0.15, -0.1) is 11.6 Å². The lowest BCUT2D eigenvalue weighted by Crippen LogP contribution is -2.39. The molecule has 0 atom stereocenters. The van der Waals surface area contributed by atoms with Crippen LogP contribution in [0, 0.1) is 6.92 Å². The van der Waals surface area contributed by atoms with E-state index in [4.69, 9.17) is 11.6 Å². The van der Waals surface area contributed by atoms with Crippen molar-refractivity contribution in [3.8, 4) is 0 Å². The molecule has 0 spiro atoms. The van der Waals surface area contributed by atoms with Crippen molar-refractivity contribution < 1.29 is 0 Å². The third-order valence-electron chi connectivity index (χ3n) is 4.85. The van der Waals surface area contributed by atoms with Crippen molar-refractivity contribution in [2.75, 3.05) is 5.88 Å². The average molecular weight is 398 g/mol. The van der Waals surface area contributed by atoms with Crippen LogP contribution in [-0.4, -0.2) is 29.0 Å². The van der Waals surface area contributed by atoms with Gasteiger partial charge < -0.3 is 4.57 Å². The predicted molar refractivity (Wildman–Crippen MR) is 111 cm³/mol. The number of fused-ring (bicyclic) bond motifs is 3. The Morgan fingerprint density at radius 3 is 2.61 bits per heavy atom. The van der Waals surface area contributed by atoms with Gasteiger partial charge in [0.15, 0.2) is 11.2 Å². The number of imidazole rings is 2. The number of hydrogen-bond donors (Lipinski definition) is 0. The van der Waals surface area contributed by atoms with E-state index in [0.29, 0.717) is 29.4 Å². The zero-order valence-electron chi connectivity index (χ0n) is 15.7. The van der Waals surface area contributed by atoms with Crippen molar-refractivity contribution in [1.82, 2.24) is 23.1 Å². The zero-order valence-corrected chi connectivity index (χ0v) is 16.4. The van der Waals surface area contributed by atoms with Crippen LogP contribution in [0.25, 0.3) is 23.0 Å². The maximum atomic E-state index is 13.1. The van der Waals surface area contributed by atoms with Crippen molar-refractivity contribution in [2.24, 2.45) is 7.05 Å². The maximum absolute atomic E-state index is 13.1. The van der Waals surface area contributed by atoms with Crippen LogP contribution in [0.5, 0.6) is 0 Å². The number of rotatable bonds is 5. The molecule has 3 heterocycles. The summed E-state index contributed by atoms with van der Waals surface area (Å²) in [5, 5.41) is 0. The molecule has 0 N–H and O–H groups in total. The summed E-state index contributed by atoms with van der Waals surface area (Å²) in [5.41, 5.74) is 1.98. The summed E-state index contributed by atoms with van der Waals surface area (Å²) in [4.78, 5) is 30.4. The van der Waals surface area contributed by atoms with Crippen LogP contribution in [0.2, 0.25) is 0 Å². The third-order valence-corrected chi connectivity index (χ3v) is 5.02. The van der Waals surface area contributed by atoms with Crippen LogP contribution in [0.1, 0.15) is 11.3 Å². The second kappa shape index (κ2) is 7.16. The monoisotopic (exact) mass is 397 g/mol. The normalized spacial score (nSPS) is 12.0. The molecular weight excluding hydrogens is 378 g/mol. The van der Waals surface area contributed by atoms with Gasteiger partial charge in [0.2, 0.25) is 5.78 Å². The second-order valence-electron chi connectivity index (χ2n) is 6.64. The van der Waals surface area contributed by atoms with Gasteiger partial charge in [-0.2, -0.15) is 4.98 Å². The highest BCUT2D eigenvalue weighted by atomic mass is 35.5. The lowest BCUT2D eigenvalue weighted by molar-refractivity contribution is 0.667. The molecule has 0 radical (unpaired) electrons. The first-order valence-corrected chi connectivity index (χ1v) is 9.51. The number of allylic oxidation sites excluding steroid dienone is 1. The molecule has 0 aliphatic carbocycles. The summed E-state index contributed by atoms with van der Waals surface area (Å²) in [5.74, 6) is 1.04. The smallest absolute Gasteiger partial charge is 0.313 e. The second-order valence-corrected chi connectivity index (χ2v) is 7.01. The van der Waals surface area contributed by atoms with Gasteiger partial charge >= 0.3 is 5.69 Å². The summed E-state index contributed by atoms with van der Waals surface area (Å²) < 4.78 is 6.33. The molecule has 8 heteroatoms. The van der Waals surface area contributed by atoms with Gasteiger partial charge in [0.1, 0.15) is 0 Å². The fraction of sp³-hybridized carbons (Fsp3) is 0.250. The van der Waals surface area contributed by atoms with E-state index in [0.717, 1.165) is 11.3 Å². The quantitative estimate of drug-likeness (QED) is 0.486. The summed E-state index contributed by atoms with van der Waals surface area (Å²) >= 11 is 5.90. The molecule has 0 saturated heterocycles. The Morgan fingerprint density at radius 2 is 1.89 bits per heavy atom. The fourth-order valence-electron chi connectivity index (χ4n) is 3.44. The molecule has 1 aromatic carbocycles. The highest BCUT2D eigenvalue weighted by Crippen LogP contribution is 2.16. The lowest BCUT2D eigenvalue weighted by Gasteiger charge is -2.05. The van der Waals surface area contributed by atoms with Gasteiger partial charge in [-0.25, -0.2) is 4.79 Å². The van der Waals surface area contributed by atoms with Gasteiger partial charge in [-0.3, -0.25) is 18.3 Å². The van der Waals surface area contributed by atoms with E-state index in [-0.39, 0.29) is 12.1 Å². The van der Waals surface area contributed by atoms with Crippen molar-refractivity contribution in [3.05, 3.63) is 74.7 Å². The van der Waals surface area contributed by atoms with Crippen molar-refractivity contribution in [1.29, 1.82) is 0 Å². The molecule has 144 valence electrons. The first-order chi connectivity index (χ1) is 13.5. The zero-order chi connectivity index (χ0) is 19.8. The molecule has 0 amide bonds. The van der Waals surface area contributed by atoms with Gasteiger partial charge in [0.05, 0.1) is 0 Å². The number of hydrogen-bond acceptors (Lipinski definition) is 3. The Bertz CT molecular complexity index is 1310. The Kier molecular flexibility index (Phi) is 4.68. The Hall–Kier alpha value is -3.06. The Morgan fingerprint density at radius 1 is 1.14 bits per heavy atom. The van der Waals surface area contributed by atoms with Gasteiger partial charge in [-0.1, -0.05) is 42.5 Å². The minimum absolute atomic E-state index is 0.185. The van der Waals surface area contributed by atoms with E-state index in [9.17, 15) is 9.59 Å². The van der Waals surface area contributed by atoms with E-state index in [1.54, 1.807) is 11.4 Å². The number of aryl methyl sites for hydroxylation is 3. The molecule has 28 heavy (non-hydrogen) atoms. The standard InChI is InChI=1S/C20H20ClN5O2/c1-14-13-26-16-17(22-19(26)24(14)12-10-21)23(2)20(28)25(18(16)27)11-6-9-15-7-4-3-5-8-15/h3-9,13H,10-12H2,1-2H3/b9-6-. The molecule has 4 rings (SSSR count). The summed E-state index contributed by atoms with van der Waals surface area (Å²) in [6.45, 7) is 2.70. The highest BCUT2D eigenvalue weighted by Gasteiger charge is 2.19. The highest BCUT2D eigenvalue weighted by molar-refractivity contribution is 6.17. The first kappa shape index (κ1) is 18.3. The number of benzene rings is 1. The largest absolute Gasteiger partial charge is 0.332 e. The molecule has 0 fully saturated rings. The molecule has 4 aromatic rings. The SMILES string of the molecule is Cc1cn2c3c(=O)n(C/C=C\c4ccccc4)c(=O)n(C)c3nc2n1CCCl. The predicted octanol–water partition coefficient (Wildman–Crippen LogP) is 2.41. The van der Waals surface area contributed by atoms with Gasteiger partial charge in [0, 0.05) is 37.9 Å². The van der Waals surface area contributed by atoms with Crippen molar-refractivity contribution >= 4 is 34.6 Å². The molecule has 0 saturated carbocycles. The summed E-state index contributed by atoms with van der Waals surface area (Å²) in [6.07, 6.45) is 5.56. The van der Waals surface area contributed by atoms with E-state index in [1.807, 2.05) is 60.2 Å². The lowest BCUT2D eigenvalue weighted by atomic mass is 10.2. The number of alkyl halides is 1. The van der Waals surface area contributed by atoms with Crippen LogP contribution < -0.4 is 11.2 Å². The van der Waals surface area contributed by atoms with Crippen molar-refractivity contribution in [3.63, 3.8) is 0 Å². The number of nitrogens with zero attached hydrogens (tertiary/aromatic N) is 5. The molecule has 0 bridgehead atoms. The average Bonchev–Trinajstić information content (AvgIpc) is 3.20. The number of aromatic nitrogens is 5. The van der Waals surface area contributed by atoms with Crippen LogP contribution in [-0.2, 0) is 20.1 Å². The molecule has 7 nitrogen and oxygen atoms in total. The minimum Gasteiger partial charge on any atom is -0.313 e. The van der Waals surface area contributed by atoms with E-state index < -0.39 is 5.69 Å². The third kappa shape index (κ3) is 2.88. The molecule has 0 aliphatic rings. The molecular formula is C20H20ClN5O2. The topological polar surface area (TPSA) is 66.2 Å². The molecule has 0 unspecified atom stereocenters. The van der Waals surface area contributed by atoms with Crippen LogP contribution in [0.15, 0.2) is 52.2 Å². The summed E-state index contributed by atoms with van der Waals surface area (Å²) in [7, 11) is 1.63. The molecule has 0 aliphatic heterocycles. The Balaban J connectivity index is 1.87. The first-order valence-electron chi connectivity index (χ1n) is 8.98. The van der Waals surface area contributed by atoms with Crippen LogP contribution >= 0.6 is 11.6 Å². The van der Waals surface area contributed by atoms with E-state index in [2.05, 4.69) is 4.98 Å². The fourth-order valence-corrected chi connectivity index (χ4v) is 3.60. The number of halogens is 1. The molecule has 3 aromatic heterocycles. The van der Waals surface area contributed by atoms with E-state index >= 15 is 0 Å². The maximum Gasteiger partial charge on any atom is 0.332 e. The van der Waals surface area contributed by atoms with Crippen LogP contribution in [0.3, 0.4) is 0 Å². The Labute approximate surface area is 165 Å². The van der Waals surface area contributed by atoms with Crippen molar-refractivity contribution in [2.45, 2.75) is 20.0 Å². The van der Waals surface area contributed by atoms with Gasteiger partial charge in [-0.05, 0) is 12.5 Å². The van der Waals surface area contributed by atoms with Gasteiger partial charge in [0.25, 0.3) is 5.56 Å². The van der Waals surface area contributed by atoms with Crippen LogP contribution in [0.4, 0.5) is 0 Å². The minimum atomic E-state index is -0.392.